The van der Waals surface area contributed by atoms with E-state index in [1.54, 1.807) is 25.1 Å². The Labute approximate surface area is 206 Å². The lowest BCUT2D eigenvalue weighted by Gasteiger charge is -2.20. The van der Waals surface area contributed by atoms with E-state index in [4.69, 9.17) is 4.98 Å². The maximum atomic E-state index is 13.9. The van der Waals surface area contributed by atoms with Crippen molar-refractivity contribution < 1.29 is 9.18 Å². The molecule has 0 saturated heterocycles. The third-order valence-corrected chi connectivity index (χ3v) is 6.21. The fourth-order valence-corrected chi connectivity index (χ4v) is 4.02. The van der Waals surface area contributed by atoms with Crippen LogP contribution in [0.1, 0.15) is 68.7 Å². The van der Waals surface area contributed by atoms with Gasteiger partial charge in [-0.15, -0.1) is 0 Å². The van der Waals surface area contributed by atoms with Gasteiger partial charge in [-0.3, -0.25) is 14.2 Å². The third kappa shape index (κ3) is 5.92. The Morgan fingerprint density at radius 2 is 1.89 bits per heavy atom. The van der Waals surface area contributed by atoms with E-state index < -0.39 is 5.41 Å². The number of unbranched alkanes of at least 4 members (excludes halogenated alkanes) is 1. The SMILES string of the molecule is CCCCc1nc(C)n(CC(=O)C(C)(C)C)c(=O)c1Cc1cccc(-c2cccc(F)c2)c1C#N. The number of nitrogens with zero attached hydrogens (tertiary/aromatic N) is 3. The number of aryl methyl sites for hydroxylation is 2. The van der Waals surface area contributed by atoms with Gasteiger partial charge in [0.15, 0.2) is 5.78 Å². The molecule has 0 saturated carbocycles. The summed E-state index contributed by atoms with van der Waals surface area (Å²) >= 11 is 0. The Morgan fingerprint density at radius 3 is 2.51 bits per heavy atom. The maximum Gasteiger partial charge on any atom is 0.257 e. The quantitative estimate of drug-likeness (QED) is 0.416. The van der Waals surface area contributed by atoms with Gasteiger partial charge in [0.05, 0.1) is 17.8 Å². The minimum atomic E-state index is -0.583. The van der Waals surface area contributed by atoms with Crippen LogP contribution < -0.4 is 5.56 Å². The molecule has 2 aromatic carbocycles. The van der Waals surface area contributed by atoms with Crippen LogP contribution in [0.5, 0.6) is 0 Å². The highest BCUT2D eigenvalue weighted by molar-refractivity contribution is 5.83. The van der Waals surface area contributed by atoms with Crippen LogP contribution in [0.25, 0.3) is 11.1 Å². The van der Waals surface area contributed by atoms with Crippen molar-refractivity contribution in [3.8, 4) is 17.2 Å². The summed E-state index contributed by atoms with van der Waals surface area (Å²) in [6.45, 7) is 9.27. The largest absolute Gasteiger partial charge is 0.297 e. The molecule has 1 heterocycles. The van der Waals surface area contributed by atoms with Gasteiger partial charge in [0.2, 0.25) is 0 Å². The van der Waals surface area contributed by atoms with E-state index in [0.29, 0.717) is 45.8 Å². The van der Waals surface area contributed by atoms with Gasteiger partial charge in [-0.25, -0.2) is 9.37 Å². The highest BCUT2D eigenvalue weighted by atomic mass is 19.1. The zero-order chi connectivity index (χ0) is 25.8. The number of hydrogen-bond acceptors (Lipinski definition) is 4. The summed E-state index contributed by atoms with van der Waals surface area (Å²) in [5.74, 6) is 0.0758. The van der Waals surface area contributed by atoms with Crippen molar-refractivity contribution in [2.45, 2.75) is 66.8 Å². The first-order chi connectivity index (χ1) is 16.6. The molecule has 0 fully saturated rings. The number of benzene rings is 2. The van der Waals surface area contributed by atoms with Crippen LogP contribution in [-0.2, 0) is 24.2 Å². The molecular weight excluding hydrogens is 441 g/mol. The first kappa shape index (κ1) is 26.0. The van der Waals surface area contributed by atoms with Gasteiger partial charge < -0.3 is 0 Å². The van der Waals surface area contributed by atoms with Crippen molar-refractivity contribution in [1.29, 1.82) is 5.26 Å². The average Bonchev–Trinajstić information content (AvgIpc) is 2.81. The topological polar surface area (TPSA) is 75.8 Å². The molecule has 0 radical (unpaired) electrons. The highest BCUT2D eigenvalue weighted by Crippen LogP contribution is 2.28. The van der Waals surface area contributed by atoms with E-state index >= 15 is 0 Å². The van der Waals surface area contributed by atoms with Gasteiger partial charge in [0.25, 0.3) is 5.56 Å². The minimum Gasteiger partial charge on any atom is -0.297 e. The number of hydrogen-bond donors (Lipinski definition) is 0. The van der Waals surface area contributed by atoms with Crippen molar-refractivity contribution in [3.05, 3.63) is 86.8 Å². The van der Waals surface area contributed by atoms with E-state index in [0.717, 1.165) is 12.8 Å². The van der Waals surface area contributed by atoms with Crippen LogP contribution in [0.4, 0.5) is 4.39 Å². The van der Waals surface area contributed by atoms with Crippen LogP contribution >= 0.6 is 0 Å². The van der Waals surface area contributed by atoms with Crippen molar-refractivity contribution in [2.24, 2.45) is 5.41 Å². The molecule has 182 valence electrons. The minimum absolute atomic E-state index is 0.0450. The Morgan fingerprint density at radius 1 is 1.17 bits per heavy atom. The van der Waals surface area contributed by atoms with Crippen molar-refractivity contribution in [2.75, 3.05) is 0 Å². The Balaban J connectivity index is 2.15. The van der Waals surface area contributed by atoms with Crippen LogP contribution in [0.3, 0.4) is 0 Å². The summed E-state index contributed by atoms with van der Waals surface area (Å²) in [7, 11) is 0. The van der Waals surface area contributed by atoms with Crippen molar-refractivity contribution in [3.63, 3.8) is 0 Å². The van der Waals surface area contributed by atoms with Crippen molar-refractivity contribution >= 4 is 5.78 Å². The number of aromatic nitrogens is 2. The molecule has 0 aliphatic carbocycles. The summed E-state index contributed by atoms with van der Waals surface area (Å²) < 4.78 is 15.3. The number of rotatable bonds is 8. The molecule has 0 spiro atoms. The van der Waals surface area contributed by atoms with Crippen molar-refractivity contribution in [1.82, 2.24) is 9.55 Å². The molecule has 3 rings (SSSR count). The molecule has 0 unspecified atom stereocenters. The summed E-state index contributed by atoms with van der Waals surface area (Å²) in [5.41, 5.74) is 2.65. The van der Waals surface area contributed by atoms with Crippen LogP contribution in [-0.4, -0.2) is 15.3 Å². The molecule has 0 amide bonds. The first-order valence-corrected chi connectivity index (χ1v) is 12.0. The number of carbonyl (C=O) groups is 1. The molecule has 0 N–H and O–H groups in total. The van der Waals surface area contributed by atoms with Gasteiger partial charge in [-0.1, -0.05) is 64.4 Å². The second-order valence-electron chi connectivity index (χ2n) is 9.89. The molecule has 3 aromatic rings. The predicted octanol–water partition coefficient (Wildman–Crippen LogP) is 5.78. The summed E-state index contributed by atoms with van der Waals surface area (Å²) in [6, 6.07) is 13.8. The number of nitriles is 1. The van der Waals surface area contributed by atoms with E-state index in [2.05, 4.69) is 13.0 Å². The molecule has 0 bridgehead atoms. The lowest BCUT2D eigenvalue weighted by molar-refractivity contribution is -0.127. The molecule has 0 aliphatic heterocycles. The van der Waals surface area contributed by atoms with E-state index in [9.17, 15) is 19.2 Å². The average molecular weight is 474 g/mol. The zero-order valence-electron chi connectivity index (χ0n) is 21.1. The summed E-state index contributed by atoms with van der Waals surface area (Å²) in [5, 5.41) is 10.0. The van der Waals surface area contributed by atoms with Gasteiger partial charge in [-0.2, -0.15) is 5.26 Å². The Kier molecular flexibility index (Phi) is 8.01. The monoisotopic (exact) mass is 473 g/mol. The molecule has 35 heavy (non-hydrogen) atoms. The van der Waals surface area contributed by atoms with E-state index in [1.165, 1.54) is 16.7 Å². The summed E-state index contributed by atoms with van der Waals surface area (Å²) in [6.07, 6.45) is 2.67. The molecule has 5 nitrogen and oxygen atoms in total. The lowest BCUT2D eigenvalue weighted by atomic mass is 9.90. The maximum absolute atomic E-state index is 13.9. The summed E-state index contributed by atoms with van der Waals surface area (Å²) in [4.78, 5) is 31.1. The standard InChI is InChI=1S/C29H32FN3O2/c1-6-7-14-26-24(28(35)33(19(2)32-26)18-27(34)29(3,4)5)16-21-11-9-13-23(25(21)17-31)20-10-8-12-22(30)15-20/h8-13,15H,6-7,14,16,18H2,1-5H3. The number of ketones is 1. The molecule has 6 heteroatoms. The van der Waals surface area contributed by atoms with Gasteiger partial charge >= 0.3 is 0 Å². The van der Waals surface area contributed by atoms with Crippen LogP contribution in [0, 0.1) is 29.5 Å². The van der Waals surface area contributed by atoms with Gasteiger partial charge in [-0.05, 0) is 48.6 Å². The lowest BCUT2D eigenvalue weighted by Crippen LogP contribution is -2.35. The second-order valence-corrected chi connectivity index (χ2v) is 9.89. The fraction of sp³-hybridized carbons (Fsp3) is 0.379. The fourth-order valence-electron chi connectivity index (χ4n) is 4.02. The number of Topliss-reactive ketones (excluding diaryl/α,β-unsaturated/α-hetero) is 1. The Hall–Kier alpha value is -3.59. The number of carbonyl (C=O) groups excluding carboxylic acids is 1. The first-order valence-electron chi connectivity index (χ1n) is 12.0. The predicted molar refractivity (Wildman–Crippen MR) is 136 cm³/mol. The molecule has 1 aromatic heterocycles. The highest BCUT2D eigenvalue weighted by Gasteiger charge is 2.24. The second kappa shape index (κ2) is 10.8. The van der Waals surface area contributed by atoms with Crippen LogP contribution in [0.2, 0.25) is 0 Å². The van der Waals surface area contributed by atoms with E-state index in [1.807, 2.05) is 32.9 Å². The molecule has 0 aliphatic rings. The van der Waals surface area contributed by atoms with Gasteiger partial charge in [0.1, 0.15) is 17.7 Å². The van der Waals surface area contributed by atoms with Crippen LogP contribution in [0.15, 0.2) is 47.3 Å². The molecular formula is C29H32FN3O2. The third-order valence-electron chi connectivity index (χ3n) is 6.21. The molecule has 0 atom stereocenters. The normalized spacial score (nSPS) is 11.3. The van der Waals surface area contributed by atoms with Gasteiger partial charge in [0, 0.05) is 17.4 Å². The Bertz CT molecular complexity index is 1340. The number of halogens is 1. The smallest absolute Gasteiger partial charge is 0.257 e. The zero-order valence-corrected chi connectivity index (χ0v) is 21.1. The van der Waals surface area contributed by atoms with E-state index in [-0.39, 0.29) is 30.1 Å².